The van der Waals surface area contributed by atoms with E-state index in [4.69, 9.17) is 10.7 Å². The van der Waals surface area contributed by atoms with Crippen molar-refractivity contribution in [1.82, 2.24) is 25.8 Å². The van der Waals surface area contributed by atoms with Gasteiger partial charge in [-0.15, -0.1) is 0 Å². The van der Waals surface area contributed by atoms with Crippen LogP contribution >= 0.6 is 0 Å². The molecular formula is C20H30N6. The van der Waals surface area contributed by atoms with Crippen LogP contribution in [0.25, 0.3) is 0 Å². The summed E-state index contributed by atoms with van der Waals surface area (Å²) in [5.74, 6) is 0.757. The molecule has 5 N–H and O–H groups in total. The highest BCUT2D eigenvalue weighted by Gasteiger charge is 2.32. The number of pyridine rings is 1. The molecular weight excluding hydrogens is 324 g/mol. The van der Waals surface area contributed by atoms with Crippen molar-refractivity contribution < 1.29 is 0 Å². The van der Waals surface area contributed by atoms with Gasteiger partial charge in [0.2, 0.25) is 0 Å². The second-order valence-electron chi connectivity index (χ2n) is 7.59. The van der Waals surface area contributed by atoms with Crippen LogP contribution in [0.15, 0.2) is 41.6 Å². The van der Waals surface area contributed by atoms with Gasteiger partial charge in [0.1, 0.15) is 5.82 Å². The summed E-state index contributed by atoms with van der Waals surface area (Å²) in [6.07, 6.45) is 10.0. The van der Waals surface area contributed by atoms with Crippen LogP contribution in [0.1, 0.15) is 43.9 Å². The molecule has 140 valence electrons. The molecule has 3 aliphatic rings. The molecule has 0 aromatic carbocycles. The lowest BCUT2D eigenvalue weighted by atomic mass is 10.00. The number of fused-ring (bicyclic) bond motifs is 1. The van der Waals surface area contributed by atoms with Crippen LogP contribution in [0, 0.1) is 0 Å². The van der Waals surface area contributed by atoms with Gasteiger partial charge in [-0.1, -0.05) is 19.4 Å². The van der Waals surface area contributed by atoms with E-state index in [1.807, 2.05) is 6.20 Å². The smallest absolute Gasteiger partial charge is 0.119 e. The topological polar surface area (TPSA) is 78.2 Å². The zero-order valence-electron chi connectivity index (χ0n) is 15.6. The van der Waals surface area contributed by atoms with Crippen molar-refractivity contribution in [2.75, 3.05) is 13.1 Å². The van der Waals surface area contributed by atoms with Crippen LogP contribution in [0.3, 0.4) is 0 Å². The molecule has 0 aliphatic carbocycles. The third-order valence-corrected chi connectivity index (χ3v) is 5.51. The Morgan fingerprint density at radius 1 is 1.27 bits per heavy atom. The Bertz CT molecular complexity index is 687. The second kappa shape index (κ2) is 7.68. The molecule has 3 aliphatic heterocycles. The molecule has 0 amide bonds. The monoisotopic (exact) mass is 354 g/mol. The Morgan fingerprint density at radius 3 is 2.85 bits per heavy atom. The van der Waals surface area contributed by atoms with Crippen LogP contribution in [0.4, 0.5) is 0 Å². The van der Waals surface area contributed by atoms with Gasteiger partial charge in [-0.05, 0) is 49.6 Å². The third-order valence-electron chi connectivity index (χ3n) is 5.51. The third kappa shape index (κ3) is 3.71. The van der Waals surface area contributed by atoms with Crippen LogP contribution in [-0.4, -0.2) is 35.2 Å². The van der Waals surface area contributed by atoms with Crippen molar-refractivity contribution >= 4 is 0 Å². The zero-order valence-corrected chi connectivity index (χ0v) is 15.6. The summed E-state index contributed by atoms with van der Waals surface area (Å²) in [5.41, 5.74) is 11.0. The molecule has 1 saturated heterocycles. The Balaban J connectivity index is 1.40. The highest BCUT2D eigenvalue weighted by molar-refractivity contribution is 5.39. The average molecular weight is 355 g/mol. The van der Waals surface area contributed by atoms with Gasteiger partial charge in [-0.2, -0.15) is 0 Å². The lowest BCUT2D eigenvalue weighted by Crippen LogP contribution is -2.55. The van der Waals surface area contributed by atoms with E-state index in [2.05, 4.69) is 46.1 Å². The van der Waals surface area contributed by atoms with Crippen molar-refractivity contribution in [3.05, 3.63) is 52.9 Å². The molecule has 0 saturated carbocycles. The molecule has 4 heterocycles. The van der Waals surface area contributed by atoms with Gasteiger partial charge in [0.25, 0.3) is 0 Å². The maximum absolute atomic E-state index is 6.21. The van der Waals surface area contributed by atoms with Gasteiger partial charge >= 0.3 is 0 Å². The van der Waals surface area contributed by atoms with Gasteiger partial charge in [-0.3, -0.25) is 15.2 Å². The molecule has 2 atom stereocenters. The molecule has 1 aromatic heterocycles. The largest absolute Gasteiger partial charge is 0.384 e. The Morgan fingerprint density at radius 2 is 2.12 bits per heavy atom. The quantitative estimate of drug-likeness (QED) is 0.620. The van der Waals surface area contributed by atoms with Crippen molar-refractivity contribution in [2.24, 2.45) is 5.73 Å². The summed E-state index contributed by atoms with van der Waals surface area (Å²) in [6, 6.07) is 4.56. The molecule has 2 unspecified atom stereocenters. The van der Waals surface area contributed by atoms with Gasteiger partial charge < -0.3 is 16.4 Å². The van der Waals surface area contributed by atoms with Crippen LogP contribution in [-0.2, 0) is 13.0 Å². The van der Waals surface area contributed by atoms with Crippen molar-refractivity contribution in [3.8, 4) is 0 Å². The molecule has 26 heavy (non-hydrogen) atoms. The minimum atomic E-state index is 0.166. The lowest BCUT2D eigenvalue weighted by molar-refractivity contribution is 0.331. The second-order valence-corrected chi connectivity index (χ2v) is 7.59. The van der Waals surface area contributed by atoms with Gasteiger partial charge in [0, 0.05) is 31.1 Å². The average Bonchev–Trinajstić information content (AvgIpc) is 3.28. The summed E-state index contributed by atoms with van der Waals surface area (Å²) in [7, 11) is 0. The number of aromatic nitrogens is 1. The Hall–Kier alpha value is -2.05. The Kier molecular flexibility index (Phi) is 5.13. The van der Waals surface area contributed by atoms with E-state index in [-0.39, 0.29) is 12.2 Å². The maximum atomic E-state index is 6.21. The zero-order chi connectivity index (χ0) is 17.9. The first-order valence-corrected chi connectivity index (χ1v) is 9.87. The lowest BCUT2D eigenvalue weighted by Gasteiger charge is -2.33. The summed E-state index contributed by atoms with van der Waals surface area (Å²) in [4.78, 5) is 7.22. The van der Waals surface area contributed by atoms with Crippen molar-refractivity contribution in [3.63, 3.8) is 0 Å². The summed E-state index contributed by atoms with van der Waals surface area (Å²) >= 11 is 0. The highest BCUT2D eigenvalue weighted by Crippen LogP contribution is 2.24. The van der Waals surface area contributed by atoms with E-state index >= 15 is 0 Å². The molecule has 1 fully saturated rings. The number of rotatable bonds is 6. The molecule has 0 bridgehead atoms. The van der Waals surface area contributed by atoms with E-state index in [0.29, 0.717) is 0 Å². The number of nitrogens with one attached hydrogen (secondary N) is 3. The van der Waals surface area contributed by atoms with Gasteiger partial charge in [0.15, 0.2) is 0 Å². The highest BCUT2D eigenvalue weighted by atomic mass is 15.2. The number of hydrogen-bond donors (Lipinski definition) is 4. The van der Waals surface area contributed by atoms with Gasteiger partial charge in [0.05, 0.1) is 17.9 Å². The van der Waals surface area contributed by atoms with Crippen molar-refractivity contribution in [2.45, 2.75) is 57.8 Å². The molecule has 4 rings (SSSR count). The van der Waals surface area contributed by atoms with Crippen molar-refractivity contribution in [1.29, 1.82) is 0 Å². The van der Waals surface area contributed by atoms with Crippen LogP contribution < -0.4 is 21.7 Å². The molecule has 1 aromatic rings. The van der Waals surface area contributed by atoms with Gasteiger partial charge in [-0.25, -0.2) is 0 Å². The molecule has 0 spiro atoms. The first-order valence-electron chi connectivity index (χ1n) is 9.87. The predicted molar refractivity (Wildman–Crippen MR) is 104 cm³/mol. The Labute approximate surface area is 155 Å². The van der Waals surface area contributed by atoms with E-state index < -0.39 is 0 Å². The standard InChI is InChI=1S/C20H30N6/c1-2-5-17-24-18-15(12-23-19(18)20(21)25-17)10-16-7-6-14(11-22-16)13-26-8-3-4-9-26/h6-7,11-12,17-18,23-25H,2-5,8-10,13,21H2,1H3. The fourth-order valence-corrected chi connectivity index (χ4v) is 4.11. The minimum absolute atomic E-state index is 0.166. The number of hydrogen-bond acceptors (Lipinski definition) is 6. The van der Waals surface area contributed by atoms with E-state index in [0.717, 1.165) is 43.0 Å². The summed E-state index contributed by atoms with van der Waals surface area (Å²) < 4.78 is 0. The van der Waals surface area contributed by atoms with Crippen LogP contribution in [0.2, 0.25) is 0 Å². The number of likely N-dealkylation sites (tertiary alicyclic amines) is 1. The van der Waals surface area contributed by atoms with Crippen LogP contribution in [0.5, 0.6) is 0 Å². The first kappa shape index (κ1) is 17.4. The summed E-state index contributed by atoms with van der Waals surface area (Å²) in [6.45, 7) is 5.65. The number of nitrogens with two attached hydrogens (primary N) is 1. The normalized spacial score (nSPS) is 25.7. The minimum Gasteiger partial charge on any atom is -0.384 e. The fraction of sp³-hybridized carbons (Fsp3) is 0.550. The fourth-order valence-electron chi connectivity index (χ4n) is 4.11. The first-order chi connectivity index (χ1) is 12.7. The van der Waals surface area contributed by atoms with E-state index in [1.54, 1.807) is 0 Å². The van der Waals surface area contributed by atoms with E-state index in [9.17, 15) is 0 Å². The molecule has 6 heteroatoms. The SMILES string of the molecule is CCCC1NC(N)=C2NC=C(Cc3ccc(CN4CCCC4)cn3)C2N1. The number of nitrogens with zero attached hydrogens (tertiary/aromatic N) is 2. The maximum Gasteiger partial charge on any atom is 0.119 e. The summed E-state index contributed by atoms with van der Waals surface area (Å²) in [5, 5.41) is 10.3. The molecule has 0 radical (unpaired) electrons. The van der Waals surface area contributed by atoms with E-state index in [1.165, 1.54) is 37.1 Å². The predicted octanol–water partition coefficient (Wildman–Crippen LogP) is 1.52. The molecule has 6 nitrogen and oxygen atoms in total.